The van der Waals surface area contributed by atoms with Crippen molar-refractivity contribution in [3.05, 3.63) is 52.2 Å². The van der Waals surface area contributed by atoms with Crippen molar-refractivity contribution < 1.29 is 14.3 Å². The molecule has 1 saturated carbocycles. The lowest BCUT2D eigenvalue weighted by molar-refractivity contribution is -0.130. The summed E-state index contributed by atoms with van der Waals surface area (Å²) in [6, 6.07) is 6.67. The smallest absolute Gasteiger partial charge is 0.338 e. The molecule has 0 spiro atoms. The Kier molecular flexibility index (Phi) is 6.02. The zero-order valence-electron chi connectivity index (χ0n) is 16.5. The number of ether oxygens (including phenoxy) is 1. The van der Waals surface area contributed by atoms with E-state index in [1.54, 1.807) is 37.4 Å². The second kappa shape index (κ2) is 8.46. The number of imidazole rings is 1. The number of carbonyl (C=O) groups is 2. The van der Waals surface area contributed by atoms with Gasteiger partial charge in [0.1, 0.15) is 0 Å². The molecule has 1 fully saturated rings. The molecule has 150 valence electrons. The van der Waals surface area contributed by atoms with Crippen LogP contribution < -0.4 is 11.0 Å². The average molecular weight is 385 g/mol. The summed E-state index contributed by atoms with van der Waals surface area (Å²) in [6.07, 6.45) is 5.14. The molecule has 7 heteroatoms. The highest BCUT2D eigenvalue weighted by Crippen LogP contribution is 2.23. The third kappa shape index (κ3) is 4.35. The van der Waals surface area contributed by atoms with E-state index < -0.39 is 12.1 Å². The van der Waals surface area contributed by atoms with Crippen molar-refractivity contribution in [2.75, 3.05) is 0 Å². The maximum absolute atomic E-state index is 12.4. The summed E-state index contributed by atoms with van der Waals surface area (Å²) in [5, 5.41) is 3.01. The van der Waals surface area contributed by atoms with Crippen molar-refractivity contribution in [1.82, 2.24) is 14.9 Å². The molecule has 0 saturated heterocycles. The normalized spacial score (nSPS) is 20.4. The number of carbonyl (C=O) groups excluding carboxylic acids is 2. The number of nitrogens with zero attached hydrogens (tertiary/aromatic N) is 1. The standard InChI is InChI=1S/C21H27N3O4/c1-13-6-4-5-7-18(13)23-19(25)15(3)28-20(26)16-8-10-17(11-9-16)24-14(2)12-22-21(24)27/h8-13,15,18H,4-7H2,1-3H3,(H,22,27)(H,23,25)/t13-,15+,18-/m0/s1. The van der Waals surface area contributed by atoms with Crippen molar-refractivity contribution in [2.45, 2.75) is 58.6 Å². The van der Waals surface area contributed by atoms with E-state index in [9.17, 15) is 14.4 Å². The fourth-order valence-electron chi connectivity index (χ4n) is 3.64. The van der Waals surface area contributed by atoms with Gasteiger partial charge in [0, 0.05) is 17.9 Å². The molecule has 0 unspecified atom stereocenters. The van der Waals surface area contributed by atoms with Gasteiger partial charge < -0.3 is 15.0 Å². The second-order valence-electron chi connectivity index (χ2n) is 7.54. The van der Waals surface area contributed by atoms with Gasteiger partial charge in [-0.3, -0.25) is 9.36 Å². The number of aromatic nitrogens is 2. The fraction of sp³-hybridized carbons (Fsp3) is 0.476. The SMILES string of the molecule is Cc1c[nH]c(=O)n1-c1ccc(C(=O)O[C@H](C)C(=O)N[C@H]2CCCC[C@@H]2C)cc1. The molecule has 1 heterocycles. The van der Waals surface area contributed by atoms with Crippen LogP contribution in [0.25, 0.3) is 5.69 Å². The topological polar surface area (TPSA) is 93.2 Å². The molecule has 1 amide bonds. The van der Waals surface area contributed by atoms with Crippen LogP contribution in [-0.2, 0) is 9.53 Å². The number of aromatic amines is 1. The summed E-state index contributed by atoms with van der Waals surface area (Å²) in [7, 11) is 0. The highest BCUT2D eigenvalue weighted by atomic mass is 16.5. The van der Waals surface area contributed by atoms with E-state index in [1.807, 2.05) is 6.92 Å². The molecule has 2 aromatic rings. The van der Waals surface area contributed by atoms with Gasteiger partial charge in [0.15, 0.2) is 6.10 Å². The summed E-state index contributed by atoms with van der Waals surface area (Å²) < 4.78 is 6.84. The first-order chi connectivity index (χ1) is 13.4. The molecule has 3 atom stereocenters. The van der Waals surface area contributed by atoms with Gasteiger partial charge >= 0.3 is 11.7 Å². The van der Waals surface area contributed by atoms with Crippen molar-refractivity contribution in [1.29, 1.82) is 0 Å². The van der Waals surface area contributed by atoms with Crippen LogP contribution in [0.5, 0.6) is 0 Å². The van der Waals surface area contributed by atoms with Gasteiger partial charge in [0.05, 0.1) is 11.3 Å². The summed E-state index contributed by atoms with van der Waals surface area (Å²) in [4.78, 5) is 39.2. The molecule has 0 bridgehead atoms. The summed E-state index contributed by atoms with van der Waals surface area (Å²) in [5.74, 6) is -0.393. The third-order valence-corrected chi connectivity index (χ3v) is 5.41. The molecule has 0 radical (unpaired) electrons. The van der Waals surface area contributed by atoms with Crippen LogP contribution in [0.2, 0.25) is 0 Å². The van der Waals surface area contributed by atoms with E-state index in [0.29, 0.717) is 17.2 Å². The van der Waals surface area contributed by atoms with Gasteiger partial charge in [-0.1, -0.05) is 19.8 Å². The molecule has 7 nitrogen and oxygen atoms in total. The molecule has 28 heavy (non-hydrogen) atoms. The van der Waals surface area contributed by atoms with Gasteiger partial charge in [0.25, 0.3) is 5.91 Å². The van der Waals surface area contributed by atoms with Crippen LogP contribution in [0.4, 0.5) is 0 Å². The van der Waals surface area contributed by atoms with E-state index >= 15 is 0 Å². The first-order valence-corrected chi connectivity index (χ1v) is 9.75. The van der Waals surface area contributed by atoms with Crippen molar-refractivity contribution in [2.24, 2.45) is 5.92 Å². The molecule has 1 aromatic carbocycles. The Bertz CT molecular complexity index is 897. The lowest BCUT2D eigenvalue weighted by Crippen LogP contribution is -2.45. The van der Waals surface area contributed by atoms with Gasteiger partial charge in [-0.05, 0) is 56.9 Å². The number of rotatable bonds is 5. The number of hydrogen-bond donors (Lipinski definition) is 2. The number of nitrogens with one attached hydrogen (secondary N) is 2. The third-order valence-electron chi connectivity index (χ3n) is 5.41. The van der Waals surface area contributed by atoms with Crippen LogP contribution in [0.1, 0.15) is 55.6 Å². The number of aryl methyl sites for hydroxylation is 1. The maximum atomic E-state index is 12.4. The Balaban J connectivity index is 1.61. The zero-order valence-corrected chi connectivity index (χ0v) is 16.5. The van der Waals surface area contributed by atoms with Crippen LogP contribution in [0, 0.1) is 12.8 Å². The van der Waals surface area contributed by atoms with E-state index in [2.05, 4.69) is 17.2 Å². The predicted octanol–water partition coefficient (Wildman–Crippen LogP) is 2.71. The van der Waals surface area contributed by atoms with Gasteiger partial charge in [-0.25, -0.2) is 9.59 Å². The highest BCUT2D eigenvalue weighted by molar-refractivity contribution is 5.92. The number of hydrogen-bond acceptors (Lipinski definition) is 4. The molecule has 1 aromatic heterocycles. The first-order valence-electron chi connectivity index (χ1n) is 9.75. The highest BCUT2D eigenvalue weighted by Gasteiger charge is 2.26. The van der Waals surface area contributed by atoms with Crippen molar-refractivity contribution in [3.63, 3.8) is 0 Å². The van der Waals surface area contributed by atoms with E-state index in [0.717, 1.165) is 25.0 Å². The molecule has 1 aliphatic rings. The monoisotopic (exact) mass is 385 g/mol. The van der Waals surface area contributed by atoms with Gasteiger partial charge in [0.2, 0.25) is 0 Å². The van der Waals surface area contributed by atoms with E-state index in [4.69, 9.17) is 4.74 Å². The Morgan fingerprint density at radius 2 is 1.89 bits per heavy atom. The predicted molar refractivity (Wildman–Crippen MR) is 106 cm³/mol. The maximum Gasteiger partial charge on any atom is 0.338 e. The Morgan fingerprint density at radius 3 is 2.50 bits per heavy atom. The Morgan fingerprint density at radius 1 is 1.21 bits per heavy atom. The number of H-pyrrole nitrogens is 1. The largest absolute Gasteiger partial charge is 0.449 e. The lowest BCUT2D eigenvalue weighted by Gasteiger charge is -2.30. The van der Waals surface area contributed by atoms with Crippen molar-refractivity contribution in [3.8, 4) is 5.69 Å². The lowest BCUT2D eigenvalue weighted by atomic mass is 9.86. The van der Waals surface area contributed by atoms with E-state index in [-0.39, 0.29) is 17.6 Å². The molecular weight excluding hydrogens is 358 g/mol. The van der Waals surface area contributed by atoms with Crippen LogP contribution in [0.3, 0.4) is 0 Å². The molecular formula is C21H27N3O4. The molecule has 1 aliphatic carbocycles. The van der Waals surface area contributed by atoms with Gasteiger partial charge in [-0.15, -0.1) is 0 Å². The summed E-state index contributed by atoms with van der Waals surface area (Å²) >= 11 is 0. The molecule has 0 aliphatic heterocycles. The van der Waals surface area contributed by atoms with Crippen LogP contribution in [0.15, 0.2) is 35.3 Å². The minimum Gasteiger partial charge on any atom is -0.449 e. The second-order valence-corrected chi connectivity index (χ2v) is 7.54. The van der Waals surface area contributed by atoms with E-state index in [1.165, 1.54) is 11.0 Å². The number of esters is 1. The quantitative estimate of drug-likeness (QED) is 0.774. The Hall–Kier alpha value is -2.83. The first kappa shape index (κ1) is 19.9. The number of benzene rings is 1. The minimum atomic E-state index is -0.865. The minimum absolute atomic E-state index is 0.143. The fourth-order valence-corrected chi connectivity index (χ4v) is 3.64. The van der Waals surface area contributed by atoms with Gasteiger partial charge in [-0.2, -0.15) is 0 Å². The number of amides is 1. The zero-order chi connectivity index (χ0) is 20.3. The summed E-state index contributed by atoms with van der Waals surface area (Å²) in [6.45, 7) is 5.53. The van der Waals surface area contributed by atoms with Crippen molar-refractivity contribution >= 4 is 11.9 Å². The Labute approximate surface area is 164 Å². The van der Waals surface area contributed by atoms with Crippen LogP contribution >= 0.6 is 0 Å². The average Bonchev–Trinajstić information content (AvgIpc) is 3.02. The molecule has 3 rings (SSSR count). The van der Waals surface area contributed by atoms with Crippen LogP contribution in [-0.4, -0.2) is 33.6 Å². The summed E-state index contributed by atoms with van der Waals surface area (Å²) in [5.41, 5.74) is 1.51. The molecule has 2 N–H and O–H groups in total.